The molecule has 30 heavy (non-hydrogen) atoms. The number of nitrogens with one attached hydrogen (secondary N) is 1. The van der Waals surface area contributed by atoms with E-state index in [2.05, 4.69) is 37.2 Å². The molecule has 1 aliphatic rings. The number of anilines is 1. The molecule has 0 unspecified atom stereocenters. The minimum atomic E-state index is -3.04. The van der Waals surface area contributed by atoms with Crippen LogP contribution in [0.3, 0.4) is 0 Å². The lowest BCUT2D eigenvalue weighted by molar-refractivity contribution is -0.0495. The van der Waals surface area contributed by atoms with Crippen LogP contribution in [0.25, 0.3) is 22.0 Å². The Morgan fingerprint density at radius 1 is 1.23 bits per heavy atom. The molecule has 1 aromatic carbocycles. The van der Waals surface area contributed by atoms with E-state index in [4.69, 9.17) is 0 Å². The van der Waals surface area contributed by atoms with Crippen molar-refractivity contribution >= 4 is 16.6 Å². The lowest BCUT2D eigenvalue weighted by Gasteiger charge is -2.30. The molecule has 0 saturated carbocycles. The Morgan fingerprint density at radius 2 is 2.07 bits per heavy atom. The normalized spacial score (nSPS) is 17.5. The third-order valence-corrected chi connectivity index (χ3v) is 5.28. The van der Waals surface area contributed by atoms with Crippen LogP contribution in [-0.4, -0.2) is 52.9 Å². The zero-order valence-corrected chi connectivity index (χ0v) is 16.7. The minimum absolute atomic E-state index is 0.117. The van der Waals surface area contributed by atoms with Gasteiger partial charge in [-0.3, -0.25) is 4.98 Å². The fraction of sp³-hybridized carbons (Fsp3) is 0.381. The number of aromatic nitrogens is 3. The minimum Gasteiger partial charge on any atom is -0.434 e. The number of alkyl halides is 2. The van der Waals surface area contributed by atoms with Gasteiger partial charge in [-0.05, 0) is 57.1 Å². The second-order valence-electron chi connectivity index (χ2n) is 7.54. The number of likely N-dealkylation sites (tertiary alicyclic amines) is 1. The van der Waals surface area contributed by atoms with E-state index >= 15 is 0 Å². The van der Waals surface area contributed by atoms with Crippen LogP contribution in [0.4, 0.5) is 19.0 Å². The number of ether oxygens (including phenoxy) is 1. The molecule has 0 spiro atoms. The van der Waals surface area contributed by atoms with E-state index in [0.717, 1.165) is 32.0 Å². The molecule has 1 atom stereocenters. The van der Waals surface area contributed by atoms with Gasteiger partial charge in [-0.15, -0.1) is 10.2 Å². The SMILES string of the molecule is Cc1cc(OC(F)F)c(-c2nnc(N[C@@H]3CCCN(C)C3)c3cnccc23)cc1F. The van der Waals surface area contributed by atoms with E-state index in [9.17, 15) is 13.2 Å². The van der Waals surface area contributed by atoms with Gasteiger partial charge in [0.2, 0.25) is 0 Å². The van der Waals surface area contributed by atoms with Crippen LogP contribution in [0.2, 0.25) is 0 Å². The molecule has 0 aliphatic carbocycles. The molecule has 9 heteroatoms. The van der Waals surface area contributed by atoms with Crippen molar-refractivity contribution in [1.29, 1.82) is 0 Å². The zero-order valence-electron chi connectivity index (χ0n) is 16.7. The maximum absolute atomic E-state index is 14.3. The summed E-state index contributed by atoms with van der Waals surface area (Å²) in [7, 11) is 2.07. The Hall–Kier alpha value is -2.94. The lowest BCUT2D eigenvalue weighted by Crippen LogP contribution is -2.40. The molecule has 1 N–H and O–H groups in total. The molecule has 1 fully saturated rings. The highest BCUT2D eigenvalue weighted by molar-refractivity contribution is 6.00. The van der Waals surface area contributed by atoms with E-state index in [1.165, 1.54) is 13.0 Å². The number of aryl methyl sites for hydroxylation is 1. The van der Waals surface area contributed by atoms with Crippen molar-refractivity contribution in [2.24, 2.45) is 0 Å². The summed E-state index contributed by atoms with van der Waals surface area (Å²) in [6, 6.07) is 4.32. The summed E-state index contributed by atoms with van der Waals surface area (Å²) in [6.45, 7) is 0.371. The molecule has 0 bridgehead atoms. The fourth-order valence-electron chi connectivity index (χ4n) is 3.81. The number of pyridine rings is 1. The first-order valence-corrected chi connectivity index (χ1v) is 9.73. The quantitative estimate of drug-likeness (QED) is 0.670. The average molecular weight is 417 g/mol. The summed E-state index contributed by atoms with van der Waals surface area (Å²) in [5.74, 6) is -0.125. The van der Waals surface area contributed by atoms with E-state index in [0.29, 0.717) is 16.6 Å². The maximum Gasteiger partial charge on any atom is 0.387 e. The molecule has 4 rings (SSSR count). The Balaban J connectivity index is 1.79. The van der Waals surface area contributed by atoms with Crippen molar-refractivity contribution < 1.29 is 17.9 Å². The highest BCUT2D eigenvalue weighted by atomic mass is 19.3. The fourth-order valence-corrected chi connectivity index (χ4v) is 3.81. The summed E-state index contributed by atoms with van der Waals surface area (Å²) in [5.41, 5.74) is 0.576. The molecule has 6 nitrogen and oxygen atoms in total. The van der Waals surface area contributed by atoms with Gasteiger partial charge in [0.15, 0.2) is 5.82 Å². The van der Waals surface area contributed by atoms with Crippen LogP contribution in [0, 0.1) is 12.7 Å². The van der Waals surface area contributed by atoms with Gasteiger partial charge in [0.05, 0.1) is 0 Å². The van der Waals surface area contributed by atoms with Gasteiger partial charge in [-0.1, -0.05) is 0 Å². The monoisotopic (exact) mass is 417 g/mol. The van der Waals surface area contributed by atoms with Crippen LogP contribution in [0.15, 0.2) is 30.6 Å². The van der Waals surface area contributed by atoms with Crippen LogP contribution < -0.4 is 10.1 Å². The molecule has 1 aliphatic heterocycles. The van der Waals surface area contributed by atoms with Crippen molar-refractivity contribution in [3.05, 3.63) is 42.0 Å². The molecule has 0 radical (unpaired) electrons. The number of likely N-dealkylation sites (N-methyl/N-ethyl adjacent to an activating group) is 1. The molecular formula is C21H22F3N5O. The van der Waals surface area contributed by atoms with Gasteiger partial charge >= 0.3 is 6.61 Å². The summed E-state index contributed by atoms with van der Waals surface area (Å²) >= 11 is 0. The third-order valence-electron chi connectivity index (χ3n) is 5.28. The standard InChI is InChI=1S/C21H22F3N5O/c1-12-8-18(30-21(23)24)15(9-17(12)22)19-14-5-6-25-10-16(14)20(28-27-19)26-13-4-3-7-29(2)11-13/h5-6,8-10,13,21H,3-4,7,11H2,1-2H3,(H,26,28)/t13-/m1/s1. The Labute approximate surface area is 172 Å². The average Bonchev–Trinajstić information content (AvgIpc) is 2.71. The van der Waals surface area contributed by atoms with Gasteiger partial charge in [0, 0.05) is 41.3 Å². The zero-order chi connectivity index (χ0) is 21.3. The van der Waals surface area contributed by atoms with E-state index in [-0.39, 0.29) is 28.6 Å². The lowest BCUT2D eigenvalue weighted by atomic mass is 10.0. The number of piperidine rings is 1. The van der Waals surface area contributed by atoms with Gasteiger partial charge in [0.25, 0.3) is 0 Å². The summed E-state index contributed by atoms with van der Waals surface area (Å²) in [6.07, 6.45) is 5.29. The second kappa shape index (κ2) is 8.43. The van der Waals surface area contributed by atoms with Crippen molar-refractivity contribution in [3.8, 4) is 17.0 Å². The predicted octanol–water partition coefficient (Wildman–Crippen LogP) is 4.25. The Morgan fingerprint density at radius 3 is 2.83 bits per heavy atom. The molecule has 1 saturated heterocycles. The van der Waals surface area contributed by atoms with Crippen molar-refractivity contribution in [2.45, 2.75) is 32.4 Å². The molecule has 158 valence electrons. The number of nitrogens with zero attached hydrogens (tertiary/aromatic N) is 4. The molecule has 0 amide bonds. The third kappa shape index (κ3) is 4.16. The van der Waals surface area contributed by atoms with Crippen LogP contribution in [0.1, 0.15) is 18.4 Å². The predicted molar refractivity (Wildman–Crippen MR) is 108 cm³/mol. The smallest absolute Gasteiger partial charge is 0.387 e. The van der Waals surface area contributed by atoms with Crippen molar-refractivity contribution in [3.63, 3.8) is 0 Å². The Bertz CT molecular complexity index is 1060. The number of rotatable bonds is 5. The van der Waals surface area contributed by atoms with Gasteiger partial charge in [-0.25, -0.2) is 4.39 Å². The first-order chi connectivity index (χ1) is 14.4. The highest BCUT2D eigenvalue weighted by Crippen LogP contribution is 2.37. The Kier molecular flexibility index (Phi) is 5.72. The first kappa shape index (κ1) is 20.3. The molecule has 3 heterocycles. The first-order valence-electron chi connectivity index (χ1n) is 9.73. The largest absolute Gasteiger partial charge is 0.434 e. The van der Waals surface area contributed by atoms with E-state index in [1.54, 1.807) is 18.5 Å². The number of hydrogen-bond acceptors (Lipinski definition) is 6. The number of halogens is 3. The maximum atomic E-state index is 14.3. The second-order valence-corrected chi connectivity index (χ2v) is 7.54. The summed E-state index contributed by atoms with van der Waals surface area (Å²) in [4.78, 5) is 6.42. The number of fused-ring (bicyclic) bond motifs is 1. The van der Waals surface area contributed by atoms with Gasteiger partial charge in [0.1, 0.15) is 17.3 Å². The number of hydrogen-bond donors (Lipinski definition) is 1. The molecule has 3 aromatic rings. The molecule has 2 aromatic heterocycles. The van der Waals surface area contributed by atoms with Crippen LogP contribution >= 0.6 is 0 Å². The van der Waals surface area contributed by atoms with Gasteiger partial charge in [-0.2, -0.15) is 8.78 Å². The van der Waals surface area contributed by atoms with Crippen LogP contribution in [-0.2, 0) is 0 Å². The van der Waals surface area contributed by atoms with E-state index < -0.39 is 12.4 Å². The highest BCUT2D eigenvalue weighted by Gasteiger charge is 2.22. The summed E-state index contributed by atoms with van der Waals surface area (Å²) < 4.78 is 44.8. The topological polar surface area (TPSA) is 63.2 Å². The van der Waals surface area contributed by atoms with E-state index in [1.807, 2.05) is 0 Å². The van der Waals surface area contributed by atoms with Gasteiger partial charge < -0.3 is 15.0 Å². The van der Waals surface area contributed by atoms with Crippen molar-refractivity contribution in [2.75, 3.05) is 25.5 Å². The van der Waals surface area contributed by atoms with Crippen molar-refractivity contribution in [1.82, 2.24) is 20.1 Å². The van der Waals surface area contributed by atoms with Crippen LogP contribution in [0.5, 0.6) is 5.75 Å². The number of benzene rings is 1. The summed E-state index contributed by atoms with van der Waals surface area (Å²) in [5, 5.41) is 13.3. The molecular weight excluding hydrogens is 395 g/mol.